The highest BCUT2D eigenvalue weighted by Crippen LogP contribution is 2.10. The first-order chi connectivity index (χ1) is 8.24. The van der Waals surface area contributed by atoms with Gasteiger partial charge >= 0.3 is 6.09 Å². The first-order valence-corrected chi connectivity index (χ1v) is 5.64. The van der Waals surface area contributed by atoms with Gasteiger partial charge in [0.25, 0.3) is 0 Å². The average Bonchev–Trinajstić information content (AvgIpc) is 2.33. The Morgan fingerprint density at radius 1 is 1.47 bits per heavy atom. The Hall–Kier alpha value is -1.82. The Bertz CT molecular complexity index is 374. The topological polar surface area (TPSA) is 89.3 Å². The van der Waals surface area contributed by atoms with E-state index in [-0.39, 0.29) is 6.10 Å². The van der Waals surface area contributed by atoms with Gasteiger partial charge in [-0.2, -0.15) is 0 Å². The smallest absolute Gasteiger partial charge is 0.413 e. The number of nitrogen functional groups attached to an aromatic ring is 1. The largest absolute Gasteiger partial charge is 0.446 e. The first-order valence-electron chi connectivity index (χ1n) is 5.64. The summed E-state index contributed by atoms with van der Waals surface area (Å²) < 4.78 is 5.26. The number of carbonyl (C=O) groups is 1. The number of aromatic nitrogens is 1. The van der Waals surface area contributed by atoms with Crippen LogP contribution in [0.5, 0.6) is 0 Å². The maximum absolute atomic E-state index is 11.5. The molecule has 1 amide bonds. The second kappa shape index (κ2) is 5.49. The van der Waals surface area contributed by atoms with Crippen LogP contribution in [-0.2, 0) is 4.74 Å². The number of nitrogens with two attached hydrogens (primary N) is 1. The van der Waals surface area contributed by atoms with Crippen molar-refractivity contribution in [2.45, 2.75) is 18.9 Å². The molecule has 1 saturated heterocycles. The molecule has 0 aliphatic carbocycles. The number of anilines is 2. The molecule has 1 aromatic heterocycles. The van der Waals surface area contributed by atoms with Gasteiger partial charge in [0.15, 0.2) is 0 Å². The summed E-state index contributed by atoms with van der Waals surface area (Å²) in [7, 11) is 0. The van der Waals surface area contributed by atoms with Crippen LogP contribution in [0.1, 0.15) is 12.8 Å². The molecule has 2 heterocycles. The quantitative estimate of drug-likeness (QED) is 0.711. The number of nitrogens with one attached hydrogen (secondary N) is 2. The van der Waals surface area contributed by atoms with Crippen LogP contribution in [0.4, 0.5) is 16.3 Å². The van der Waals surface area contributed by atoms with Crippen molar-refractivity contribution in [2.75, 3.05) is 24.1 Å². The number of hydrogen-bond acceptors (Lipinski definition) is 5. The monoisotopic (exact) mass is 236 g/mol. The second-order valence-corrected chi connectivity index (χ2v) is 3.96. The number of amides is 1. The zero-order valence-corrected chi connectivity index (χ0v) is 9.48. The predicted molar refractivity (Wildman–Crippen MR) is 64.6 cm³/mol. The molecular weight excluding hydrogens is 220 g/mol. The van der Waals surface area contributed by atoms with Crippen LogP contribution in [0.15, 0.2) is 18.3 Å². The molecule has 1 aromatic rings. The van der Waals surface area contributed by atoms with Crippen molar-refractivity contribution in [2.24, 2.45) is 0 Å². The second-order valence-electron chi connectivity index (χ2n) is 3.96. The lowest BCUT2D eigenvalue weighted by Crippen LogP contribution is -2.34. The minimum Gasteiger partial charge on any atom is -0.446 e. The highest BCUT2D eigenvalue weighted by Gasteiger charge is 2.17. The van der Waals surface area contributed by atoms with Gasteiger partial charge in [-0.15, -0.1) is 0 Å². The summed E-state index contributed by atoms with van der Waals surface area (Å²) >= 11 is 0. The molecular formula is C11H16N4O2. The highest BCUT2D eigenvalue weighted by molar-refractivity contribution is 5.83. The number of ether oxygens (including phenoxy) is 1. The molecule has 0 radical (unpaired) electrons. The van der Waals surface area contributed by atoms with Gasteiger partial charge in [0.2, 0.25) is 0 Å². The van der Waals surface area contributed by atoms with Crippen LogP contribution in [-0.4, -0.2) is 30.3 Å². The Labute approximate surface area is 99.5 Å². The Morgan fingerprint density at radius 3 is 2.88 bits per heavy atom. The molecule has 0 aromatic carbocycles. The van der Waals surface area contributed by atoms with E-state index in [9.17, 15) is 4.79 Å². The molecule has 1 aliphatic heterocycles. The van der Waals surface area contributed by atoms with Crippen LogP contribution in [0.25, 0.3) is 0 Å². The molecule has 6 heteroatoms. The summed E-state index contributed by atoms with van der Waals surface area (Å²) in [6.07, 6.45) is 2.71. The van der Waals surface area contributed by atoms with Crippen LogP contribution < -0.4 is 16.4 Å². The summed E-state index contributed by atoms with van der Waals surface area (Å²) in [6.45, 7) is 1.77. The van der Waals surface area contributed by atoms with E-state index in [1.165, 1.54) is 6.20 Å². The van der Waals surface area contributed by atoms with E-state index in [1.807, 2.05) is 0 Å². The predicted octanol–water partition coefficient (Wildman–Crippen LogP) is 0.964. The zero-order chi connectivity index (χ0) is 12.1. The third kappa shape index (κ3) is 3.60. The molecule has 0 bridgehead atoms. The minimum atomic E-state index is -0.464. The molecule has 1 fully saturated rings. The number of carbonyl (C=O) groups excluding carboxylic acids is 1. The van der Waals surface area contributed by atoms with E-state index >= 15 is 0 Å². The van der Waals surface area contributed by atoms with Gasteiger partial charge in [-0.1, -0.05) is 0 Å². The molecule has 1 aliphatic rings. The third-order valence-electron chi connectivity index (χ3n) is 2.58. The van der Waals surface area contributed by atoms with Gasteiger partial charge in [-0.25, -0.2) is 9.78 Å². The van der Waals surface area contributed by atoms with Gasteiger partial charge in [0.1, 0.15) is 11.9 Å². The molecule has 2 rings (SSSR count). The number of rotatable bonds is 2. The van der Waals surface area contributed by atoms with Crippen molar-refractivity contribution in [3.05, 3.63) is 18.3 Å². The average molecular weight is 236 g/mol. The standard InChI is InChI=1S/C11H16N4O2/c12-8-1-2-10(14-7-8)15-11(16)17-9-3-5-13-6-4-9/h1-2,7,9,13H,3-6,12H2,(H,14,15,16). The van der Waals surface area contributed by atoms with Gasteiger partial charge in [0.05, 0.1) is 11.9 Å². The summed E-state index contributed by atoms with van der Waals surface area (Å²) in [6, 6.07) is 3.31. The van der Waals surface area contributed by atoms with Crippen molar-refractivity contribution in [3.63, 3.8) is 0 Å². The summed E-state index contributed by atoms with van der Waals surface area (Å²) in [5.74, 6) is 0.443. The fraction of sp³-hybridized carbons (Fsp3) is 0.455. The summed E-state index contributed by atoms with van der Waals surface area (Å²) in [5.41, 5.74) is 6.05. The van der Waals surface area contributed by atoms with E-state index in [0.717, 1.165) is 25.9 Å². The number of piperidine rings is 1. The Morgan fingerprint density at radius 2 is 2.24 bits per heavy atom. The molecule has 17 heavy (non-hydrogen) atoms. The molecule has 0 unspecified atom stereocenters. The SMILES string of the molecule is Nc1ccc(NC(=O)OC2CCNCC2)nc1. The molecule has 0 spiro atoms. The number of nitrogens with zero attached hydrogens (tertiary/aromatic N) is 1. The van der Waals surface area contributed by atoms with Crippen LogP contribution in [0.3, 0.4) is 0 Å². The zero-order valence-electron chi connectivity index (χ0n) is 9.48. The Kier molecular flexibility index (Phi) is 3.77. The summed E-state index contributed by atoms with van der Waals surface area (Å²) in [4.78, 5) is 15.5. The normalized spacial score (nSPS) is 16.5. The van der Waals surface area contributed by atoms with Gasteiger partial charge in [-0.05, 0) is 38.1 Å². The van der Waals surface area contributed by atoms with Gasteiger partial charge in [0, 0.05) is 0 Å². The lowest BCUT2D eigenvalue weighted by Gasteiger charge is -2.22. The summed E-state index contributed by atoms with van der Waals surface area (Å²) in [5, 5.41) is 5.77. The fourth-order valence-corrected chi connectivity index (χ4v) is 1.68. The molecule has 0 saturated carbocycles. The van der Waals surface area contributed by atoms with Gasteiger partial charge in [-0.3, -0.25) is 5.32 Å². The van der Waals surface area contributed by atoms with E-state index in [0.29, 0.717) is 11.5 Å². The number of pyridine rings is 1. The van der Waals surface area contributed by atoms with E-state index in [4.69, 9.17) is 10.5 Å². The first kappa shape index (κ1) is 11.7. The molecule has 92 valence electrons. The van der Waals surface area contributed by atoms with Crippen molar-refractivity contribution >= 4 is 17.6 Å². The van der Waals surface area contributed by atoms with E-state index < -0.39 is 6.09 Å². The molecule has 6 nitrogen and oxygen atoms in total. The highest BCUT2D eigenvalue weighted by atomic mass is 16.6. The maximum atomic E-state index is 11.5. The number of hydrogen-bond donors (Lipinski definition) is 3. The van der Waals surface area contributed by atoms with Crippen molar-refractivity contribution in [3.8, 4) is 0 Å². The van der Waals surface area contributed by atoms with Gasteiger partial charge < -0.3 is 15.8 Å². The van der Waals surface area contributed by atoms with Crippen molar-refractivity contribution in [1.29, 1.82) is 0 Å². The molecule has 0 atom stereocenters. The molecule has 4 N–H and O–H groups in total. The van der Waals surface area contributed by atoms with Crippen molar-refractivity contribution in [1.82, 2.24) is 10.3 Å². The van der Waals surface area contributed by atoms with Crippen LogP contribution in [0, 0.1) is 0 Å². The fourth-order valence-electron chi connectivity index (χ4n) is 1.68. The maximum Gasteiger partial charge on any atom is 0.413 e. The Balaban J connectivity index is 1.82. The third-order valence-corrected chi connectivity index (χ3v) is 2.58. The lowest BCUT2D eigenvalue weighted by molar-refractivity contribution is 0.0908. The minimum absolute atomic E-state index is 0.00923. The van der Waals surface area contributed by atoms with Crippen molar-refractivity contribution < 1.29 is 9.53 Å². The lowest BCUT2D eigenvalue weighted by atomic mass is 10.1. The van der Waals surface area contributed by atoms with Crippen LogP contribution in [0.2, 0.25) is 0 Å². The van der Waals surface area contributed by atoms with E-state index in [2.05, 4.69) is 15.6 Å². The van der Waals surface area contributed by atoms with E-state index in [1.54, 1.807) is 12.1 Å². The van der Waals surface area contributed by atoms with Crippen LogP contribution >= 0.6 is 0 Å².